The minimum absolute atomic E-state index is 0.0944. The summed E-state index contributed by atoms with van der Waals surface area (Å²) in [6.45, 7) is 11.2. The molecule has 8 heteroatoms. The molecular weight excluding hydrogens is 288 g/mol. The first-order valence-electron chi connectivity index (χ1n) is 5.21. The van der Waals surface area contributed by atoms with Gasteiger partial charge in [-0.2, -0.15) is 13.2 Å². The van der Waals surface area contributed by atoms with Crippen LogP contribution in [0.3, 0.4) is 0 Å². The van der Waals surface area contributed by atoms with E-state index in [0.717, 1.165) is 0 Å². The van der Waals surface area contributed by atoms with Crippen molar-refractivity contribution in [2.75, 3.05) is 6.61 Å². The zero-order valence-corrected chi connectivity index (χ0v) is 13.3. The average molecular weight is 310 g/mol. The lowest BCUT2D eigenvalue weighted by molar-refractivity contribution is -0.0408. The predicted molar refractivity (Wildman–Crippen MR) is 70.4 cm³/mol. The zero-order chi connectivity index (χ0) is 15.0. The fourth-order valence-corrected chi connectivity index (χ4v) is 1.23. The van der Waals surface area contributed by atoms with Crippen LogP contribution in [-0.4, -0.2) is 22.6 Å². The third-order valence-corrected chi connectivity index (χ3v) is 2.13. The summed E-state index contributed by atoms with van der Waals surface area (Å²) in [4.78, 5) is 8.21. The molecule has 0 heterocycles. The highest BCUT2D eigenvalue weighted by Crippen LogP contribution is 2.32. The van der Waals surface area contributed by atoms with E-state index in [0.29, 0.717) is 0 Å². The first-order valence-corrected chi connectivity index (χ1v) is 6.81. The monoisotopic (exact) mass is 310 g/mol. The van der Waals surface area contributed by atoms with E-state index < -0.39 is 26.6 Å². The summed E-state index contributed by atoms with van der Waals surface area (Å²) >= 11 is -0.440. The molecule has 0 radical (unpaired) electrons. The van der Waals surface area contributed by atoms with Crippen molar-refractivity contribution in [3.8, 4) is 0 Å². The van der Waals surface area contributed by atoms with Crippen LogP contribution >= 0.6 is 21.1 Å². The van der Waals surface area contributed by atoms with Crippen LogP contribution < -0.4 is 0 Å². The molecule has 112 valence electrons. The maximum atomic E-state index is 11.5. The van der Waals surface area contributed by atoms with Gasteiger partial charge < -0.3 is 13.6 Å². The fourth-order valence-electron chi connectivity index (χ4n) is 0.410. The summed E-state index contributed by atoms with van der Waals surface area (Å²) in [6, 6.07) is 0. The normalized spacial score (nSPS) is 13.7. The van der Waals surface area contributed by atoms with Crippen LogP contribution in [-0.2, 0) is 8.71 Å². The Bertz CT molecular complexity index is 198. The zero-order valence-electron chi connectivity index (χ0n) is 11.5. The van der Waals surface area contributed by atoms with Gasteiger partial charge in [-0.05, 0) is 26.2 Å². The van der Waals surface area contributed by atoms with Crippen molar-refractivity contribution in [3.05, 3.63) is 0 Å². The van der Waals surface area contributed by atoms with E-state index in [9.17, 15) is 13.2 Å². The Hall–Kier alpha value is 0.450. The van der Waals surface area contributed by atoms with Gasteiger partial charge in [-0.25, -0.2) is 0 Å². The van der Waals surface area contributed by atoms with E-state index in [-0.39, 0.29) is 17.6 Å². The summed E-state index contributed by atoms with van der Waals surface area (Å²) in [5.74, 6) is 0. The van der Waals surface area contributed by atoms with Gasteiger partial charge in [0.25, 0.3) is 0 Å². The molecule has 0 rings (SSSR count). The first-order chi connectivity index (χ1) is 7.77. The smallest absolute Gasteiger partial charge is 0.352 e. The Labute approximate surface area is 113 Å². The summed E-state index contributed by atoms with van der Waals surface area (Å²) < 4.78 is 43.6. The van der Waals surface area contributed by atoms with Crippen molar-refractivity contribution < 1.29 is 26.8 Å². The minimum Gasteiger partial charge on any atom is -0.352 e. The van der Waals surface area contributed by atoms with E-state index in [4.69, 9.17) is 9.42 Å². The predicted octanol–water partition coefficient (Wildman–Crippen LogP) is 4.52. The van der Waals surface area contributed by atoms with Crippen LogP contribution in [0.25, 0.3) is 0 Å². The van der Waals surface area contributed by atoms with Gasteiger partial charge in [-0.1, -0.05) is 20.8 Å². The molecule has 0 saturated heterocycles. The summed E-state index contributed by atoms with van der Waals surface area (Å²) in [7, 11) is -0.391. The Kier molecular flexibility index (Phi) is 9.90. The average Bonchev–Trinajstić information content (AvgIpc) is 1.96. The highest BCUT2D eigenvalue weighted by atomic mass is 32.2. The van der Waals surface area contributed by atoms with Crippen LogP contribution in [0.2, 0.25) is 0 Å². The van der Waals surface area contributed by atoms with Gasteiger partial charge in [-0.3, -0.25) is 0 Å². The van der Waals surface area contributed by atoms with E-state index in [1.807, 2.05) is 41.5 Å². The van der Waals surface area contributed by atoms with Gasteiger partial charge in [0, 0.05) is 0 Å². The molecule has 0 aliphatic carbocycles. The Balaban J connectivity index is 0. The van der Waals surface area contributed by atoms with Crippen molar-refractivity contribution in [2.24, 2.45) is 5.41 Å². The quantitative estimate of drug-likeness (QED) is 0.614. The molecule has 0 bridgehead atoms. The van der Waals surface area contributed by atoms with Crippen LogP contribution in [0.15, 0.2) is 0 Å². The Morgan fingerprint density at radius 3 is 1.67 bits per heavy atom. The molecule has 0 aliphatic heterocycles. The topological polar surface area (TPSA) is 38.7 Å². The van der Waals surface area contributed by atoms with E-state index in [1.165, 1.54) is 0 Å². The lowest BCUT2D eigenvalue weighted by Crippen LogP contribution is -2.14. The first kappa shape index (κ1) is 20.8. The Morgan fingerprint density at radius 1 is 1.06 bits per heavy atom. The third kappa shape index (κ3) is 25.3. The van der Waals surface area contributed by atoms with Crippen molar-refractivity contribution in [1.29, 1.82) is 0 Å². The molecule has 0 aromatic carbocycles. The molecule has 1 atom stereocenters. The molecule has 0 fully saturated rings. The lowest BCUT2D eigenvalue weighted by Gasteiger charge is -2.17. The molecule has 0 aromatic heterocycles. The van der Waals surface area contributed by atoms with Crippen molar-refractivity contribution in [2.45, 2.75) is 52.7 Å². The van der Waals surface area contributed by atoms with E-state index in [2.05, 4.69) is 4.18 Å². The maximum absolute atomic E-state index is 11.5. The molecule has 0 saturated carbocycles. The largest absolute Gasteiger partial charge is 0.467 e. The van der Waals surface area contributed by atoms with Crippen molar-refractivity contribution in [1.82, 2.24) is 0 Å². The number of hydrogen-bond donors (Lipinski definition) is 1. The number of hydrogen-bond acceptors (Lipinski definition) is 4. The fraction of sp³-hybridized carbons (Fsp3) is 1.00. The molecule has 18 heavy (non-hydrogen) atoms. The minimum atomic E-state index is -4.29. The number of halogens is 3. The maximum Gasteiger partial charge on any atom is 0.467 e. The third-order valence-electron chi connectivity index (χ3n) is 0.997. The SMILES string of the molecule is CC(C)(C)COSC(F)(F)F.CC(C)(C)OPO. The van der Waals surface area contributed by atoms with Crippen LogP contribution in [0.1, 0.15) is 41.5 Å². The summed E-state index contributed by atoms with van der Waals surface area (Å²) in [5.41, 5.74) is -4.70. The van der Waals surface area contributed by atoms with Gasteiger partial charge in [0.1, 0.15) is 12.0 Å². The molecule has 0 aromatic rings. The van der Waals surface area contributed by atoms with Crippen LogP contribution in [0.4, 0.5) is 13.2 Å². The number of rotatable bonds is 3. The lowest BCUT2D eigenvalue weighted by atomic mass is 9.99. The Morgan fingerprint density at radius 2 is 1.50 bits per heavy atom. The second kappa shape index (κ2) is 8.59. The summed E-state index contributed by atoms with van der Waals surface area (Å²) in [6.07, 6.45) is 0. The molecule has 0 amide bonds. The van der Waals surface area contributed by atoms with Crippen molar-refractivity contribution >= 4 is 21.1 Å². The van der Waals surface area contributed by atoms with Gasteiger partial charge >= 0.3 is 5.51 Å². The highest BCUT2D eigenvalue weighted by Gasteiger charge is 2.30. The molecule has 0 spiro atoms. The molecular formula is C10H22F3O3PS. The second-order valence-corrected chi connectivity index (χ2v) is 6.91. The standard InChI is InChI=1S/C6H11F3OS.C4H11O2P/c1-5(2,3)4-10-11-6(7,8)9;1-4(2,3)6-7-5/h4H2,1-3H3;5,7H,1-3H3. The van der Waals surface area contributed by atoms with Gasteiger partial charge in [-0.15, -0.1) is 0 Å². The van der Waals surface area contributed by atoms with E-state index >= 15 is 0 Å². The molecule has 1 unspecified atom stereocenters. The van der Waals surface area contributed by atoms with E-state index in [1.54, 1.807) is 0 Å². The molecule has 3 nitrogen and oxygen atoms in total. The summed E-state index contributed by atoms with van der Waals surface area (Å²) in [5, 5.41) is 0. The second-order valence-electron chi connectivity index (χ2n) is 5.66. The van der Waals surface area contributed by atoms with Crippen LogP contribution in [0, 0.1) is 5.41 Å². The highest BCUT2D eigenvalue weighted by molar-refractivity contribution is 7.95. The van der Waals surface area contributed by atoms with Crippen LogP contribution in [0.5, 0.6) is 0 Å². The van der Waals surface area contributed by atoms with Gasteiger partial charge in [0.15, 0.2) is 9.03 Å². The molecule has 1 N–H and O–H groups in total. The number of alkyl halides is 3. The molecule has 0 aliphatic rings. The van der Waals surface area contributed by atoms with Gasteiger partial charge in [0.05, 0.1) is 12.2 Å². The van der Waals surface area contributed by atoms with Crippen molar-refractivity contribution in [3.63, 3.8) is 0 Å². The van der Waals surface area contributed by atoms with Gasteiger partial charge in [0.2, 0.25) is 0 Å².